The maximum absolute atomic E-state index is 5.35. The molecule has 1 unspecified atom stereocenters. The van der Waals surface area contributed by atoms with Crippen molar-refractivity contribution in [2.45, 2.75) is 19.3 Å². The predicted octanol–water partition coefficient (Wildman–Crippen LogP) is 1.64. The minimum atomic E-state index is 0.780. The molecular weight excluding hydrogens is 200 g/mol. The molecule has 0 bridgehead atoms. The van der Waals surface area contributed by atoms with E-state index in [-0.39, 0.29) is 0 Å². The zero-order chi connectivity index (χ0) is 11.1. The number of hydrogen-bond donors (Lipinski definition) is 1. The summed E-state index contributed by atoms with van der Waals surface area (Å²) in [5.74, 6) is 0.780. The van der Waals surface area contributed by atoms with Gasteiger partial charge in [-0.25, -0.2) is 0 Å². The molecular formula is C13H20N2O. The number of nitrogens with one attached hydrogen (secondary N) is 1. The summed E-state index contributed by atoms with van der Waals surface area (Å²) in [6, 6.07) is 6.07. The SMILES string of the molecule is c1ccc(CCNCCC2CCOC2)nc1. The van der Waals surface area contributed by atoms with Gasteiger partial charge in [0.2, 0.25) is 0 Å². The summed E-state index contributed by atoms with van der Waals surface area (Å²) in [5, 5.41) is 3.47. The van der Waals surface area contributed by atoms with Crippen LogP contribution in [0, 0.1) is 5.92 Å². The molecule has 0 aromatic carbocycles. The first-order chi connectivity index (χ1) is 7.95. The van der Waals surface area contributed by atoms with Crippen LogP contribution in [-0.4, -0.2) is 31.3 Å². The van der Waals surface area contributed by atoms with Gasteiger partial charge in [0, 0.05) is 38.1 Å². The highest BCUT2D eigenvalue weighted by molar-refractivity contribution is 5.03. The number of nitrogens with zero attached hydrogens (tertiary/aromatic N) is 1. The van der Waals surface area contributed by atoms with Crippen molar-refractivity contribution in [2.75, 3.05) is 26.3 Å². The first-order valence-electron chi connectivity index (χ1n) is 6.13. The molecule has 1 saturated heterocycles. The third-order valence-electron chi connectivity index (χ3n) is 3.04. The number of hydrogen-bond acceptors (Lipinski definition) is 3. The topological polar surface area (TPSA) is 34.1 Å². The highest BCUT2D eigenvalue weighted by atomic mass is 16.5. The van der Waals surface area contributed by atoms with Crippen LogP contribution in [0.1, 0.15) is 18.5 Å². The van der Waals surface area contributed by atoms with Crippen molar-refractivity contribution in [3.05, 3.63) is 30.1 Å². The molecule has 1 aromatic heterocycles. The fraction of sp³-hybridized carbons (Fsp3) is 0.615. The molecule has 1 N–H and O–H groups in total. The molecule has 1 aliphatic rings. The third-order valence-corrected chi connectivity index (χ3v) is 3.04. The molecule has 0 saturated carbocycles. The summed E-state index contributed by atoms with van der Waals surface area (Å²) < 4.78 is 5.35. The fourth-order valence-electron chi connectivity index (χ4n) is 2.00. The van der Waals surface area contributed by atoms with Crippen LogP contribution in [0.15, 0.2) is 24.4 Å². The smallest absolute Gasteiger partial charge is 0.0495 e. The van der Waals surface area contributed by atoms with Crippen molar-refractivity contribution >= 4 is 0 Å². The Kier molecular flexibility index (Phi) is 4.77. The Balaban J connectivity index is 1.52. The van der Waals surface area contributed by atoms with Crippen LogP contribution in [0.5, 0.6) is 0 Å². The number of pyridine rings is 1. The Morgan fingerprint density at radius 1 is 1.38 bits per heavy atom. The van der Waals surface area contributed by atoms with Crippen molar-refractivity contribution in [3.63, 3.8) is 0 Å². The van der Waals surface area contributed by atoms with Gasteiger partial charge < -0.3 is 10.1 Å². The lowest BCUT2D eigenvalue weighted by Gasteiger charge is -2.08. The standard InChI is InChI=1S/C13H20N2O/c1-2-7-15-13(3-1)5-9-14-8-4-12-6-10-16-11-12/h1-3,7,12,14H,4-6,8-11H2. The van der Waals surface area contributed by atoms with Crippen LogP contribution in [-0.2, 0) is 11.2 Å². The van der Waals surface area contributed by atoms with Gasteiger partial charge in [-0.3, -0.25) is 4.98 Å². The van der Waals surface area contributed by atoms with E-state index in [1.54, 1.807) is 0 Å². The van der Waals surface area contributed by atoms with Crippen molar-refractivity contribution < 1.29 is 4.74 Å². The van der Waals surface area contributed by atoms with Crippen molar-refractivity contribution in [2.24, 2.45) is 5.92 Å². The van der Waals surface area contributed by atoms with Crippen LogP contribution in [0.4, 0.5) is 0 Å². The molecule has 2 heterocycles. The average Bonchev–Trinajstić information content (AvgIpc) is 2.83. The van der Waals surface area contributed by atoms with Gasteiger partial charge >= 0.3 is 0 Å². The summed E-state index contributed by atoms with van der Waals surface area (Å²) in [5.41, 5.74) is 1.17. The monoisotopic (exact) mass is 220 g/mol. The maximum atomic E-state index is 5.35. The van der Waals surface area contributed by atoms with Crippen molar-refractivity contribution in [3.8, 4) is 0 Å². The van der Waals surface area contributed by atoms with Crippen LogP contribution in [0.3, 0.4) is 0 Å². The van der Waals surface area contributed by atoms with E-state index in [2.05, 4.69) is 16.4 Å². The minimum absolute atomic E-state index is 0.780. The molecule has 2 rings (SSSR count). The number of ether oxygens (including phenoxy) is 1. The third kappa shape index (κ3) is 3.91. The Hall–Kier alpha value is -0.930. The number of rotatable bonds is 6. The first-order valence-corrected chi connectivity index (χ1v) is 6.13. The van der Waals surface area contributed by atoms with Crippen LogP contribution >= 0.6 is 0 Å². The molecule has 3 nitrogen and oxygen atoms in total. The normalized spacial score (nSPS) is 20.1. The Labute approximate surface area is 97.2 Å². The molecule has 0 spiro atoms. The van der Waals surface area contributed by atoms with E-state index in [1.807, 2.05) is 18.3 Å². The first kappa shape index (κ1) is 11.6. The summed E-state index contributed by atoms with van der Waals surface area (Å²) in [7, 11) is 0. The second-order valence-electron chi connectivity index (χ2n) is 4.34. The molecule has 16 heavy (non-hydrogen) atoms. The Bertz CT molecular complexity index is 283. The zero-order valence-electron chi connectivity index (χ0n) is 9.69. The quantitative estimate of drug-likeness (QED) is 0.740. The predicted molar refractivity (Wildman–Crippen MR) is 64.4 cm³/mol. The van der Waals surface area contributed by atoms with Crippen LogP contribution in [0.25, 0.3) is 0 Å². The van der Waals surface area contributed by atoms with Gasteiger partial charge in [-0.05, 0) is 37.4 Å². The van der Waals surface area contributed by atoms with E-state index in [0.29, 0.717) is 0 Å². The van der Waals surface area contributed by atoms with E-state index < -0.39 is 0 Å². The van der Waals surface area contributed by atoms with Gasteiger partial charge in [0.1, 0.15) is 0 Å². The van der Waals surface area contributed by atoms with Crippen LogP contribution in [0.2, 0.25) is 0 Å². The van der Waals surface area contributed by atoms with E-state index in [0.717, 1.165) is 38.6 Å². The van der Waals surface area contributed by atoms with Gasteiger partial charge in [0.15, 0.2) is 0 Å². The summed E-state index contributed by atoms with van der Waals surface area (Å²) in [6.07, 6.45) is 5.34. The van der Waals surface area contributed by atoms with Crippen molar-refractivity contribution in [1.82, 2.24) is 10.3 Å². The summed E-state index contributed by atoms with van der Waals surface area (Å²) in [6.45, 7) is 4.03. The van der Waals surface area contributed by atoms with Gasteiger partial charge in [0.05, 0.1) is 0 Å². The Morgan fingerprint density at radius 3 is 3.12 bits per heavy atom. The molecule has 1 aliphatic heterocycles. The second-order valence-corrected chi connectivity index (χ2v) is 4.34. The zero-order valence-corrected chi connectivity index (χ0v) is 9.69. The highest BCUT2D eigenvalue weighted by Crippen LogP contribution is 2.14. The van der Waals surface area contributed by atoms with Gasteiger partial charge in [-0.15, -0.1) is 0 Å². The molecule has 1 fully saturated rings. The minimum Gasteiger partial charge on any atom is -0.381 e. The largest absolute Gasteiger partial charge is 0.381 e. The molecule has 0 radical (unpaired) electrons. The maximum Gasteiger partial charge on any atom is 0.0495 e. The Morgan fingerprint density at radius 2 is 2.38 bits per heavy atom. The highest BCUT2D eigenvalue weighted by Gasteiger charge is 2.14. The fourth-order valence-corrected chi connectivity index (χ4v) is 2.00. The molecule has 1 atom stereocenters. The second kappa shape index (κ2) is 6.61. The number of aromatic nitrogens is 1. The molecule has 0 aliphatic carbocycles. The van der Waals surface area contributed by atoms with E-state index >= 15 is 0 Å². The lowest BCUT2D eigenvalue weighted by Crippen LogP contribution is -2.21. The van der Waals surface area contributed by atoms with E-state index in [9.17, 15) is 0 Å². The average molecular weight is 220 g/mol. The molecule has 88 valence electrons. The summed E-state index contributed by atoms with van der Waals surface area (Å²) in [4.78, 5) is 4.29. The lowest BCUT2D eigenvalue weighted by molar-refractivity contribution is 0.184. The van der Waals surface area contributed by atoms with E-state index in [4.69, 9.17) is 4.74 Å². The van der Waals surface area contributed by atoms with Gasteiger partial charge in [-0.2, -0.15) is 0 Å². The molecule has 3 heteroatoms. The van der Waals surface area contributed by atoms with Crippen LogP contribution < -0.4 is 5.32 Å². The summed E-state index contributed by atoms with van der Waals surface area (Å²) >= 11 is 0. The van der Waals surface area contributed by atoms with Gasteiger partial charge in [0.25, 0.3) is 0 Å². The lowest BCUT2D eigenvalue weighted by atomic mass is 10.1. The van der Waals surface area contributed by atoms with Gasteiger partial charge in [-0.1, -0.05) is 6.07 Å². The van der Waals surface area contributed by atoms with E-state index in [1.165, 1.54) is 18.5 Å². The molecule has 1 aromatic rings. The molecule has 0 amide bonds. The van der Waals surface area contributed by atoms with Crippen molar-refractivity contribution in [1.29, 1.82) is 0 Å².